The normalized spacial score (nSPS) is 21.5. The molecule has 0 amide bonds. The summed E-state index contributed by atoms with van der Waals surface area (Å²) in [5.41, 5.74) is 3.03. The highest BCUT2D eigenvalue weighted by atomic mass is 16.3. The highest BCUT2D eigenvalue weighted by molar-refractivity contribution is 5.29. The van der Waals surface area contributed by atoms with Crippen LogP contribution >= 0.6 is 0 Å². The van der Waals surface area contributed by atoms with Gasteiger partial charge in [-0.1, -0.05) is 24.3 Å². The number of hydrogen-bond acceptors (Lipinski definition) is 2. The second-order valence-corrected chi connectivity index (χ2v) is 4.87. The molecule has 1 aromatic carbocycles. The molecule has 1 aliphatic rings. The van der Waals surface area contributed by atoms with Crippen LogP contribution in [0.4, 0.5) is 0 Å². The van der Waals surface area contributed by atoms with Gasteiger partial charge in [0.05, 0.1) is 6.61 Å². The van der Waals surface area contributed by atoms with Crippen molar-refractivity contribution in [1.29, 1.82) is 0 Å². The molecule has 2 N–H and O–H groups in total. The van der Waals surface area contributed by atoms with Crippen molar-refractivity contribution in [2.45, 2.75) is 32.2 Å². The third-order valence-electron chi connectivity index (χ3n) is 3.48. The van der Waals surface area contributed by atoms with Crippen LogP contribution in [0, 0.1) is 5.92 Å². The van der Waals surface area contributed by atoms with Crippen LogP contribution in [-0.4, -0.2) is 24.3 Å². The van der Waals surface area contributed by atoms with Crippen LogP contribution in [0.3, 0.4) is 0 Å². The summed E-state index contributed by atoms with van der Waals surface area (Å²) in [5, 5.41) is 12.3. The van der Waals surface area contributed by atoms with Gasteiger partial charge in [0, 0.05) is 6.04 Å². The van der Waals surface area contributed by atoms with Gasteiger partial charge < -0.3 is 10.4 Å². The lowest BCUT2D eigenvalue weighted by Crippen LogP contribution is -2.35. The van der Waals surface area contributed by atoms with Gasteiger partial charge in [-0.15, -0.1) is 0 Å². The summed E-state index contributed by atoms with van der Waals surface area (Å²) in [6, 6.07) is 8.97. The summed E-state index contributed by atoms with van der Waals surface area (Å²) in [7, 11) is 0. The SMILES string of the molecule is CC(CO)NCC1CCc2ccccc2C1. The molecule has 0 saturated carbocycles. The molecule has 2 atom stereocenters. The van der Waals surface area contributed by atoms with Gasteiger partial charge in [0.1, 0.15) is 0 Å². The molecule has 2 rings (SSSR count). The lowest BCUT2D eigenvalue weighted by molar-refractivity contribution is 0.244. The maximum absolute atomic E-state index is 8.96. The number of aliphatic hydroxyl groups excluding tert-OH is 1. The van der Waals surface area contributed by atoms with Gasteiger partial charge in [0.2, 0.25) is 0 Å². The standard InChI is InChI=1S/C14H21NO/c1-11(10-16)15-9-12-6-7-13-4-2-3-5-14(13)8-12/h2-5,11-12,15-16H,6-10H2,1H3. The fourth-order valence-corrected chi connectivity index (χ4v) is 2.38. The summed E-state index contributed by atoms with van der Waals surface area (Å²) >= 11 is 0. The molecule has 16 heavy (non-hydrogen) atoms. The van der Waals surface area contributed by atoms with E-state index in [0.29, 0.717) is 0 Å². The average Bonchev–Trinajstić information content (AvgIpc) is 2.35. The summed E-state index contributed by atoms with van der Waals surface area (Å²) < 4.78 is 0. The first-order valence-corrected chi connectivity index (χ1v) is 6.20. The van der Waals surface area contributed by atoms with E-state index in [1.54, 1.807) is 0 Å². The van der Waals surface area contributed by atoms with Crippen LogP contribution in [0.25, 0.3) is 0 Å². The molecular weight excluding hydrogens is 198 g/mol. The molecule has 0 spiro atoms. The average molecular weight is 219 g/mol. The van der Waals surface area contributed by atoms with Gasteiger partial charge in [-0.3, -0.25) is 0 Å². The Kier molecular flexibility index (Phi) is 3.97. The molecule has 0 aromatic heterocycles. The van der Waals surface area contributed by atoms with E-state index in [1.807, 2.05) is 6.92 Å². The van der Waals surface area contributed by atoms with E-state index in [0.717, 1.165) is 12.5 Å². The van der Waals surface area contributed by atoms with Crippen molar-refractivity contribution in [3.05, 3.63) is 35.4 Å². The van der Waals surface area contributed by atoms with Crippen molar-refractivity contribution in [2.75, 3.05) is 13.2 Å². The Morgan fingerprint density at radius 3 is 2.88 bits per heavy atom. The third kappa shape index (κ3) is 2.83. The number of nitrogens with one attached hydrogen (secondary N) is 1. The molecule has 2 heteroatoms. The highest BCUT2D eigenvalue weighted by Crippen LogP contribution is 2.24. The highest BCUT2D eigenvalue weighted by Gasteiger charge is 2.18. The first-order chi connectivity index (χ1) is 7.79. The van der Waals surface area contributed by atoms with E-state index in [9.17, 15) is 0 Å². The van der Waals surface area contributed by atoms with Gasteiger partial charge in [0.15, 0.2) is 0 Å². The van der Waals surface area contributed by atoms with Crippen LogP contribution in [-0.2, 0) is 12.8 Å². The molecule has 0 bridgehead atoms. The van der Waals surface area contributed by atoms with Crippen molar-refractivity contribution in [3.63, 3.8) is 0 Å². The van der Waals surface area contributed by atoms with Crippen LogP contribution in [0.15, 0.2) is 24.3 Å². The molecule has 0 aliphatic heterocycles. The topological polar surface area (TPSA) is 32.3 Å². The van der Waals surface area contributed by atoms with Gasteiger partial charge in [-0.25, -0.2) is 0 Å². The third-order valence-corrected chi connectivity index (χ3v) is 3.48. The number of aryl methyl sites for hydroxylation is 1. The molecule has 2 unspecified atom stereocenters. The van der Waals surface area contributed by atoms with E-state index in [1.165, 1.54) is 30.4 Å². The van der Waals surface area contributed by atoms with Gasteiger partial charge in [-0.05, 0) is 49.8 Å². The van der Waals surface area contributed by atoms with Gasteiger partial charge in [0.25, 0.3) is 0 Å². The first-order valence-electron chi connectivity index (χ1n) is 6.20. The molecule has 0 fully saturated rings. The minimum Gasteiger partial charge on any atom is -0.395 e. The van der Waals surface area contributed by atoms with E-state index in [-0.39, 0.29) is 12.6 Å². The predicted molar refractivity (Wildman–Crippen MR) is 66.5 cm³/mol. The van der Waals surface area contributed by atoms with Gasteiger partial charge >= 0.3 is 0 Å². The Labute approximate surface area is 97.7 Å². The minimum absolute atomic E-state index is 0.220. The summed E-state index contributed by atoms with van der Waals surface area (Å²) in [6.07, 6.45) is 3.65. The van der Waals surface area contributed by atoms with Crippen molar-refractivity contribution in [1.82, 2.24) is 5.32 Å². The second-order valence-electron chi connectivity index (χ2n) is 4.87. The smallest absolute Gasteiger partial charge is 0.0581 e. The van der Waals surface area contributed by atoms with Crippen molar-refractivity contribution < 1.29 is 5.11 Å². The molecule has 2 nitrogen and oxygen atoms in total. The van der Waals surface area contributed by atoms with Gasteiger partial charge in [-0.2, -0.15) is 0 Å². The Morgan fingerprint density at radius 1 is 1.38 bits per heavy atom. The van der Waals surface area contributed by atoms with E-state index < -0.39 is 0 Å². The van der Waals surface area contributed by atoms with Crippen molar-refractivity contribution in [2.24, 2.45) is 5.92 Å². The summed E-state index contributed by atoms with van der Waals surface area (Å²) in [5.74, 6) is 0.726. The molecule has 1 aromatic rings. The minimum atomic E-state index is 0.220. The maximum Gasteiger partial charge on any atom is 0.0581 e. The maximum atomic E-state index is 8.96. The van der Waals surface area contributed by atoms with E-state index in [2.05, 4.69) is 29.6 Å². The zero-order chi connectivity index (χ0) is 11.4. The lowest BCUT2D eigenvalue weighted by atomic mass is 9.84. The Balaban J connectivity index is 1.88. The Hall–Kier alpha value is -0.860. The van der Waals surface area contributed by atoms with Crippen LogP contribution in [0.5, 0.6) is 0 Å². The van der Waals surface area contributed by atoms with E-state index in [4.69, 9.17) is 5.11 Å². The fraction of sp³-hybridized carbons (Fsp3) is 0.571. The number of aliphatic hydroxyl groups is 1. The zero-order valence-corrected chi connectivity index (χ0v) is 9.95. The van der Waals surface area contributed by atoms with Crippen LogP contribution in [0.2, 0.25) is 0 Å². The molecule has 88 valence electrons. The number of fused-ring (bicyclic) bond motifs is 1. The number of benzene rings is 1. The Bertz CT molecular complexity index is 337. The molecule has 0 saturated heterocycles. The fourth-order valence-electron chi connectivity index (χ4n) is 2.38. The lowest BCUT2D eigenvalue weighted by Gasteiger charge is -2.25. The number of rotatable bonds is 4. The molecular formula is C14H21NO. The quantitative estimate of drug-likeness (QED) is 0.809. The van der Waals surface area contributed by atoms with Crippen molar-refractivity contribution in [3.8, 4) is 0 Å². The van der Waals surface area contributed by atoms with Crippen LogP contribution < -0.4 is 5.32 Å². The molecule has 0 heterocycles. The zero-order valence-electron chi connectivity index (χ0n) is 9.95. The van der Waals surface area contributed by atoms with Crippen LogP contribution in [0.1, 0.15) is 24.5 Å². The summed E-state index contributed by atoms with van der Waals surface area (Å²) in [4.78, 5) is 0. The summed E-state index contributed by atoms with van der Waals surface area (Å²) in [6.45, 7) is 3.27. The predicted octanol–water partition coefficient (Wildman–Crippen LogP) is 1.76. The largest absolute Gasteiger partial charge is 0.395 e. The molecule has 0 radical (unpaired) electrons. The van der Waals surface area contributed by atoms with Crippen molar-refractivity contribution >= 4 is 0 Å². The number of hydrogen-bond donors (Lipinski definition) is 2. The van der Waals surface area contributed by atoms with E-state index >= 15 is 0 Å². The Morgan fingerprint density at radius 2 is 2.12 bits per heavy atom. The second kappa shape index (κ2) is 5.46. The first kappa shape index (κ1) is 11.6. The molecule has 1 aliphatic carbocycles. The monoisotopic (exact) mass is 219 g/mol.